The summed E-state index contributed by atoms with van der Waals surface area (Å²) in [5.74, 6) is 0.851. The Morgan fingerprint density at radius 3 is 2.92 bits per heavy atom. The number of nitrogens with one attached hydrogen (secondary N) is 1. The fourth-order valence-electron chi connectivity index (χ4n) is 2.67. The first-order valence-electron chi connectivity index (χ1n) is 5.06. The quantitative estimate of drug-likeness (QED) is 0.665. The minimum absolute atomic E-state index is 0.0785. The van der Waals surface area contributed by atoms with E-state index in [1.54, 1.807) is 0 Å². The van der Waals surface area contributed by atoms with Crippen LogP contribution in [-0.2, 0) is 9.53 Å². The topological polar surface area (TPSA) is 38.3 Å². The van der Waals surface area contributed by atoms with Crippen molar-refractivity contribution >= 4 is 5.97 Å². The van der Waals surface area contributed by atoms with E-state index in [0.717, 1.165) is 18.9 Å². The summed E-state index contributed by atoms with van der Waals surface area (Å²) in [6.45, 7) is 1.13. The molecule has 2 heterocycles. The van der Waals surface area contributed by atoms with Gasteiger partial charge in [0.25, 0.3) is 0 Å². The molecule has 0 unspecified atom stereocenters. The fourth-order valence-corrected chi connectivity index (χ4v) is 2.67. The van der Waals surface area contributed by atoms with Crippen molar-refractivity contribution in [3.05, 3.63) is 0 Å². The zero-order valence-corrected chi connectivity index (χ0v) is 8.14. The fraction of sp³-hybridized carbons (Fsp3) is 0.900. The first-order valence-corrected chi connectivity index (χ1v) is 5.06. The van der Waals surface area contributed by atoms with Gasteiger partial charge in [-0.25, -0.2) is 0 Å². The number of carbonyl (C=O) groups is 1. The minimum Gasteiger partial charge on any atom is -0.469 e. The lowest BCUT2D eigenvalue weighted by Crippen LogP contribution is -2.60. The molecule has 0 amide bonds. The Bertz CT molecular complexity index is 203. The zero-order valence-electron chi connectivity index (χ0n) is 8.14. The van der Waals surface area contributed by atoms with Gasteiger partial charge >= 0.3 is 5.97 Å². The van der Waals surface area contributed by atoms with E-state index in [9.17, 15) is 4.79 Å². The summed E-state index contributed by atoms with van der Waals surface area (Å²) in [5.41, 5.74) is 0.303. The van der Waals surface area contributed by atoms with Gasteiger partial charge in [0.15, 0.2) is 0 Å². The summed E-state index contributed by atoms with van der Waals surface area (Å²) in [6.07, 6.45) is 5.38. The third-order valence-corrected chi connectivity index (χ3v) is 3.45. The molecule has 2 bridgehead atoms. The molecular weight excluding hydrogens is 166 g/mol. The first-order chi connectivity index (χ1) is 6.24. The van der Waals surface area contributed by atoms with Crippen LogP contribution in [0, 0.1) is 5.92 Å². The van der Waals surface area contributed by atoms with Crippen LogP contribution in [-0.4, -0.2) is 25.2 Å². The summed E-state index contributed by atoms with van der Waals surface area (Å²) >= 11 is 0. The molecule has 0 aromatic rings. The summed E-state index contributed by atoms with van der Waals surface area (Å²) in [7, 11) is 1.46. The minimum atomic E-state index is -0.0785. The Morgan fingerprint density at radius 2 is 2.38 bits per heavy atom. The van der Waals surface area contributed by atoms with Gasteiger partial charge in [-0.05, 0) is 38.1 Å². The number of hydrogen-bond donors (Lipinski definition) is 1. The smallest absolute Gasteiger partial charge is 0.305 e. The molecule has 0 radical (unpaired) electrons. The maximum Gasteiger partial charge on any atom is 0.305 e. The molecule has 2 saturated heterocycles. The van der Waals surface area contributed by atoms with Gasteiger partial charge in [-0.3, -0.25) is 4.79 Å². The van der Waals surface area contributed by atoms with E-state index in [2.05, 4.69) is 10.1 Å². The molecule has 3 heteroatoms. The lowest BCUT2D eigenvalue weighted by atomic mass is 9.62. The molecule has 1 saturated carbocycles. The lowest BCUT2D eigenvalue weighted by molar-refractivity contribution is -0.141. The monoisotopic (exact) mass is 183 g/mol. The molecule has 3 rings (SSSR count). The number of esters is 1. The van der Waals surface area contributed by atoms with Gasteiger partial charge in [0, 0.05) is 12.0 Å². The van der Waals surface area contributed by atoms with Crippen LogP contribution in [0.25, 0.3) is 0 Å². The van der Waals surface area contributed by atoms with Gasteiger partial charge in [0.05, 0.1) is 7.11 Å². The van der Waals surface area contributed by atoms with Crippen molar-refractivity contribution in [1.29, 1.82) is 0 Å². The van der Waals surface area contributed by atoms with Crippen molar-refractivity contribution in [1.82, 2.24) is 5.32 Å². The third kappa shape index (κ3) is 1.70. The van der Waals surface area contributed by atoms with Gasteiger partial charge in [-0.1, -0.05) is 0 Å². The van der Waals surface area contributed by atoms with Crippen LogP contribution < -0.4 is 5.32 Å². The second-order valence-electron chi connectivity index (χ2n) is 4.35. The molecule has 1 N–H and O–H groups in total. The molecule has 3 aliphatic rings. The predicted octanol–water partition coefficient (Wildman–Crippen LogP) is 1.08. The van der Waals surface area contributed by atoms with Crippen LogP contribution in [0.2, 0.25) is 0 Å². The summed E-state index contributed by atoms with van der Waals surface area (Å²) < 4.78 is 4.64. The summed E-state index contributed by atoms with van der Waals surface area (Å²) in [6, 6.07) is 0. The van der Waals surface area contributed by atoms with Crippen LogP contribution in [0.3, 0.4) is 0 Å². The third-order valence-electron chi connectivity index (χ3n) is 3.45. The normalized spacial score (nSPS) is 36.5. The number of fused-ring (bicyclic) bond motifs is 2. The van der Waals surface area contributed by atoms with E-state index in [-0.39, 0.29) is 5.97 Å². The van der Waals surface area contributed by atoms with Crippen LogP contribution in [0.5, 0.6) is 0 Å². The second kappa shape index (κ2) is 3.29. The molecule has 3 fully saturated rings. The van der Waals surface area contributed by atoms with Crippen molar-refractivity contribution in [2.45, 2.75) is 37.6 Å². The molecule has 3 nitrogen and oxygen atoms in total. The van der Waals surface area contributed by atoms with E-state index in [4.69, 9.17) is 0 Å². The second-order valence-corrected chi connectivity index (χ2v) is 4.35. The SMILES string of the molecule is COC(=O)CCC12CC(CCN1)C2. The maximum absolute atomic E-state index is 11.0. The number of carbonyl (C=O) groups excluding carboxylic acids is 1. The Labute approximate surface area is 78.8 Å². The molecule has 74 valence electrons. The average Bonchev–Trinajstić information content (AvgIpc) is 2.14. The number of ether oxygens (including phenoxy) is 1. The van der Waals surface area contributed by atoms with Gasteiger partial charge in [-0.15, -0.1) is 0 Å². The van der Waals surface area contributed by atoms with Crippen LogP contribution >= 0.6 is 0 Å². The van der Waals surface area contributed by atoms with Crippen LogP contribution in [0.15, 0.2) is 0 Å². The lowest BCUT2D eigenvalue weighted by Gasteiger charge is -2.53. The molecule has 1 aliphatic carbocycles. The average molecular weight is 183 g/mol. The highest BCUT2D eigenvalue weighted by Crippen LogP contribution is 2.45. The number of hydrogen-bond acceptors (Lipinski definition) is 3. The molecule has 2 aliphatic heterocycles. The van der Waals surface area contributed by atoms with Gasteiger partial charge in [0.2, 0.25) is 0 Å². The standard InChI is InChI=1S/C10H17NO2/c1-13-9(12)2-4-10-6-8(7-10)3-5-11-10/h8,11H,2-7H2,1H3. The van der Waals surface area contributed by atoms with Crippen LogP contribution in [0.4, 0.5) is 0 Å². The predicted molar refractivity (Wildman–Crippen MR) is 49.3 cm³/mol. The molecule has 0 aromatic carbocycles. The summed E-state index contributed by atoms with van der Waals surface area (Å²) in [4.78, 5) is 11.0. The highest BCUT2D eigenvalue weighted by molar-refractivity contribution is 5.69. The molecular formula is C10H17NO2. The Morgan fingerprint density at radius 1 is 1.62 bits per heavy atom. The van der Waals surface area contributed by atoms with Crippen LogP contribution in [0.1, 0.15) is 32.1 Å². The molecule has 0 spiro atoms. The maximum atomic E-state index is 11.0. The largest absolute Gasteiger partial charge is 0.469 e. The highest BCUT2D eigenvalue weighted by atomic mass is 16.5. The van der Waals surface area contributed by atoms with E-state index in [1.807, 2.05) is 0 Å². The molecule has 0 aromatic heterocycles. The Kier molecular flexibility index (Phi) is 2.28. The molecule has 13 heavy (non-hydrogen) atoms. The van der Waals surface area contributed by atoms with E-state index < -0.39 is 0 Å². The highest BCUT2D eigenvalue weighted by Gasteiger charge is 2.46. The Hall–Kier alpha value is -0.570. The van der Waals surface area contributed by atoms with E-state index in [0.29, 0.717) is 12.0 Å². The first kappa shape index (κ1) is 9.00. The van der Waals surface area contributed by atoms with Gasteiger partial charge in [-0.2, -0.15) is 0 Å². The number of piperidine rings is 2. The van der Waals surface area contributed by atoms with Crippen molar-refractivity contribution in [3.8, 4) is 0 Å². The van der Waals surface area contributed by atoms with E-state index in [1.165, 1.54) is 26.4 Å². The van der Waals surface area contributed by atoms with Gasteiger partial charge < -0.3 is 10.1 Å². The zero-order chi connectivity index (χ0) is 9.31. The summed E-state index contributed by atoms with van der Waals surface area (Å²) in [5, 5.41) is 3.53. The van der Waals surface area contributed by atoms with Crippen molar-refractivity contribution in [2.24, 2.45) is 5.92 Å². The van der Waals surface area contributed by atoms with Crippen molar-refractivity contribution < 1.29 is 9.53 Å². The van der Waals surface area contributed by atoms with Gasteiger partial charge in [0.1, 0.15) is 0 Å². The molecule has 0 atom stereocenters. The van der Waals surface area contributed by atoms with Crippen molar-refractivity contribution in [3.63, 3.8) is 0 Å². The number of rotatable bonds is 3. The number of methoxy groups -OCH3 is 1. The van der Waals surface area contributed by atoms with E-state index >= 15 is 0 Å². The van der Waals surface area contributed by atoms with Crippen molar-refractivity contribution in [2.75, 3.05) is 13.7 Å². The Balaban J connectivity index is 1.78.